The normalized spacial score (nSPS) is 13.4. The number of benzene rings is 2. The number of rotatable bonds is 6. The number of aryl methyl sites for hydroxylation is 1. The summed E-state index contributed by atoms with van der Waals surface area (Å²) in [6.07, 6.45) is 1.45. The van der Waals surface area contributed by atoms with Crippen LogP contribution in [0.5, 0.6) is 17.2 Å². The quantitative estimate of drug-likeness (QED) is 0.826. The molecule has 1 fully saturated rings. The Bertz CT molecular complexity index is 910. The molecule has 0 radical (unpaired) electrons. The summed E-state index contributed by atoms with van der Waals surface area (Å²) in [5.41, 5.74) is 2.77. The van der Waals surface area contributed by atoms with Crippen LogP contribution in [0.1, 0.15) is 28.8 Å². The van der Waals surface area contributed by atoms with Crippen molar-refractivity contribution in [2.24, 2.45) is 0 Å². The molecular weight excluding hydrogens is 360 g/mol. The number of methoxy groups -OCH3 is 3. The Morgan fingerprint density at radius 3 is 2.36 bits per heavy atom. The van der Waals surface area contributed by atoms with Gasteiger partial charge in [-0.05, 0) is 49.2 Å². The predicted octanol–water partition coefficient (Wildman–Crippen LogP) is 3.40. The molecule has 1 saturated heterocycles. The number of nitrogens with one attached hydrogen (secondary N) is 1. The highest BCUT2D eigenvalue weighted by Crippen LogP contribution is 2.40. The molecule has 1 N–H and O–H groups in total. The number of nitrogens with zero attached hydrogens (tertiary/aromatic N) is 1. The molecule has 0 aromatic heterocycles. The molecule has 1 heterocycles. The molecule has 2 aromatic carbocycles. The molecular formula is C21H24N2O5. The lowest BCUT2D eigenvalue weighted by molar-refractivity contribution is -0.117. The van der Waals surface area contributed by atoms with E-state index >= 15 is 0 Å². The topological polar surface area (TPSA) is 77.1 Å². The van der Waals surface area contributed by atoms with E-state index in [1.165, 1.54) is 21.3 Å². The zero-order valence-corrected chi connectivity index (χ0v) is 16.5. The van der Waals surface area contributed by atoms with Gasteiger partial charge in [0.2, 0.25) is 11.7 Å². The first-order chi connectivity index (χ1) is 13.5. The molecule has 148 valence electrons. The number of anilines is 2. The van der Waals surface area contributed by atoms with Gasteiger partial charge in [-0.25, -0.2) is 0 Å². The van der Waals surface area contributed by atoms with E-state index in [9.17, 15) is 9.59 Å². The number of amides is 2. The lowest BCUT2D eigenvalue weighted by Gasteiger charge is -2.19. The van der Waals surface area contributed by atoms with E-state index in [-0.39, 0.29) is 11.8 Å². The monoisotopic (exact) mass is 384 g/mol. The largest absolute Gasteiger partial charge is 0.493 e. The van der Waals surface area contributed by atoms with Gasteiger partial charge in [0.1, 0.15) is 0 Å². The van der Waals surface area contributed by atoms with Crippen LogP contribution in [0.25, 0.3) is 0 Å². The molecule has 1 aliphatic heterocycles. The fourth-order valence-corrected chi connectivity index (χ4v) is 3.42. The van der Waals surface area contributed by atoms with Crippen molar-refractivity contribution in [3.8, 4) is 17.2 Å². The molecule has 0 atom stereocenters. The number of ether oxygens (including phenoxy) is 3. The Hall–Kier alpha value is -3.22. The summed E-state index contributed by atoms with van der Waals surface area (Å²) in [6.45, 7) is 2.65. The van der Waals surface area contributed by atoms with Crippen molar-refractivity contribution in [2.75, 3.05) is 38.1 Å². The van der Waals surface area contributed by atoms with E-state index < -0.39 is 0 Å². The van der Waals surface area contributed by atoms with Gasteiger partial charge in [-0.1, -0.05) is 0 Å². The maximum Gasteiger partial charge on any atom is 0.259 e. The van der Waals surface area contributed by atoms with Crippen LogP contribution in [0, 0.1) is 6.92 Å². The fraction of sp³-hybridized carbons (Fsp3) is 0.333. The zero-order chi connectivity index (χ0) is 20.3. The van der Waals surface area contributed by atoms with Gasteiger partial charge in [-0.2, -0.15) is 0 Å². The highest BCUT2D eigenvalue weighted by molar-refractivity contribution is 6.07. The molecule has 2 aromatic rings. The average Bonchev–Trinajstić information content (AvgIpc) is 3.12. The Balaban J connectivity index is 1.85. The first kappa shape index (κ1) is 19.5. The van der Waals surface area contributed by atoms with Crippen molar-refractivity contribution in [1.82, 2.24) is 0 Å². The highest BCUT2D eigenvalue weighted by Gasteiger charge is 2.24. The predicted molar refractivity (Wildman–Crippen MR) is 107 cm³/mol. The third kappa shape index (κ3) is 3.60. The first-order valence-corrected chi connectivity index (χ1v) is 9.01. The summed E-state index contributed by atoms with van der Waals surface area (Å²) in [5.74, 6) is 0.940. The van der Waals surface area contributed by atoms with Gasteiger partial charge in [0, 0.05) is 24.3 Å². The zero-order valence-electron chi connectivity index (χ0n) is 16.5. The highest BCUT2D eigenvalue weighted by atomic mass is 16.5. The lowest BCUT2D eigenvalue weighted by atomic mass is 10.1. The minimum atomic E-state index is -0.331. The third-order valence-electron chi connectivity index (χ3n) is 4.77. The second kappa shape index (κ2) is 8.21. The van der Waals surface area contributed by atoms with Gasteiger partial charge in [-0.3, -0.25) is 9.59 Å². The molecule has 2 amide bonds. The molecule has 3 rings (SSSR count). The van der Waals surface area contributed by atoms with Crippen molar-refractivity contribution in [1.29, 1.82) is 0 Å². The summed E-state index contributed by atoms with van der Waals surface area (Å²) in [4.78, 5) is 26.6. The summed E-state index contributed by atoms with van der Waals surface area (Å²) < 4.78 is 16.0. The van der Waals surface area contributed by atoms with E-state index in [4.69, 9.17) is 14.2 Å². The van der Waals surface area contributed by atoms with E-state index in [1.54, 1.807) is 23.1 Å². The molecule has 0 bridgehead atoms. The molecule has 1 aliphatic rings. The van der Waals surface area contributed by atoms with E-state index in [0.717, 1.165) is 24.2 Å². The van der Waals surface area contributed by atoms with E-state index in [1.807, 2.05) is 19.1 Å². The lowest BCUT2D eigenvalue weighted by Crippen LogP contribution is -2.24. The van der Waals surface area contributed by atoms with Crippen molar-refractivity contribution >= 4 is 23.2 Å². The summed E-state index contributed by atoms with van der Waals surface area (Å²) in [7, 11) is 4.48. The van der Waals surface area contributed by atoms with Crippen LogP contribution in [0.4, 0.5) is 11.4 Å². The Kier molecular flexibility index (Phi) is 5.73. The Morgan fingerprint density at radius 1 is 1.04 bits per heavy atom. The Morgan fingerprint density at radius 2 is 1.79 bits per heavy atom. The molecule has 0 unspecified atom stereocenters. The van der Waals surface area contributed by atoms with Crippen molar-refractivity contribution in [2.45, 2.75) is 19.8 Å². The number of hydrogen-bond donors (Lipinski definition) is 1. The first-order valence-electron chi connectivity index (χ1n) is 9.01. The van der Waals surface area contributed by atoms with Crippen LogP contribution in [0.3, 0.4) is 0 Å². The van der Waals surface area contributed by atoms with Gasteiger partial charge in [0.05, 0.1) is 26.9 Å². The maximum atomic E-state index is 12.8. The molecule has 0 saturated carbocycles. The van der Waals surface area contributed by atoms with Gasteiger partial charge in [0.25, 0.3) is 5.91 Å². The average molecular weight is 384 g/mol. The minimum Gasteiger partial charge on any atom is -0.493 e. The number of carbonyl (C=O) groups is 2. The SMILES string of the molecule is COc1ccc(C(=O)Nc2ccc(N3CCCC3=O)c(C)c2)c(OC)c1OC. The van der Waals surface area contributed by atoms with Gasteiger partial charge in [-0.15, -0.1) is 0 Å². The standard InChI is InChI=1S/C21H24N2O5/c1-13-12-14(7-9-16(13)23-11-5-6-18(23)24)22-21(25)15-8-10-17(26-2)20(28-4)19(15)27-3/h7-10,12H,5-6,11H2,1-4H3,(H,22,25). The maximum absolute atomic E-state index is 12.8. The van der Waals surface area contributed by atoms with Crippen molar-refractivity contribution in [3.63, 3.8) is 0 Å². The van der Waals surface area contributed by atoms with Crippen molar-refractivity contribution < 1.29 is 23.8 Å². The minimum absolute atomic E-state index is 0.134. The van der Waals surface area contributed by atoms with Gasteiger partial charge < -0.3 is 24.4 Å². The van der Waals surface area contributed by atoms with Crippen LogP contribution in [-0.4, -0.2) is 39.7 Å². The molecule has 28 heavy (non-hydrogen) atoms. The number of carbonyl (C=O) groups excluding carboxylic acids is 2. The van der Waals surface area contributed by atoms with E-state index in [2.05, 4.69) is 5.32 Å². The second-order valence-corrected chi connectivity index (χ2v) is 6.49. The fourth-order valence-electron chi connectivity index (χ4n) is 3.42. The summed E-state index contributed by atoms with van der Waals surface area (Å²) in [5, 5.41) is 2.87. The summed E-state index contributed by atoms with van der Waals surface area (Å²) in [6, 6.07) is 8.79. The third-order valence-corrected chi connectivity index (χ3v) is 4.77. The second-order valence-electron chi connectivity index (χ2n) is 6.49. The Labute approximate surface area is 164 Å². The van der Waals surface area contributed by atoms with Crippen LogP contribution in [-0.2, 0) is 4.79 Å². The van der Waals surface area contributed by atoms with E-state index in [0.29, 0.717) is 34.9 Å². The molecule has 0 spiro atoms. The molecule has 0 aliphatic carbocycles. The molecule has 7 heteroatoms. The summed E-state index contributed by atoms with van der Waals surface area (Å²) >= 11 is 0. The molecule has 7 nitrogen and oxygen atoms in total. The van der Waals surface area contributed by atoms with Crippen LogP contribution in [0.2, 0.25) is 0 Å². The smallest absolute Gasteiger partial charge is 0.259 e. The van der Waals surface area contributed by atoms with Gasteiger partial charge >= 0.3 is 0 Å². The van der Waals surface area contributed by atoms with Crippen LogP contribution in [0.15, 0.2) is 30.3 Å². The number of hydrogen-bond acceptors (Lipinski definition) is 5. The van der Waals surface area contributed by atoms with Crippen molar-refractivity contribution in [3.05, 3.63) is 41.5 Å². The van der Waals surface area contributed by atoms with Crippen LogP contribution >= 0.6 is 0 Å². The van der Waals surface area contributed by atoms with Gasteiger partial charge in [0.15, 0.2) is 11.5 Å². The van der Waals surface area contributed by atoms with Crippen LogP contribution < -0.4 is 24.4 Å².